The van der Waals surface area contributed by atoms with Crippen molar-refractivity contribution in [1.82, 2.24) is 9.88 Å². The summed E-state index contributed by atoms with van der Waals surface area (Å²) in [6, 6.07) is 13.1. The van der Waals surface area contributed by atoms with Gasteiger partial charge in [0, 0.05) is 36.2 Å². The number of hydrogen-bond donors (Lipinski definition) is 1. The molecule has 0 spiro atoms. The van der Waals surface area contributed by atoms with Crippen LogP contribution in [0.4, 0.5) is 0 Å². The lowest BCUT2D eigenvalue weighted by molar-refractivity contribution is 0.0938. The Kier molecular flexibility index (Phi) is 5.51. The number of nitrogens with zero attached hydrogens (tertiary/aromatic N) is 1. The first-order chi connectivity index (χ1) is 14.9. The summed E-state index contributed by atoms with van der Waals surface area (Å²) in [5.74, 6) is 0.330. The van der Waals surface area contributed by atoms with Crippen LogP contribution in [0.25, 0.3) is 21.9 Å². The van der Waals surface area contributed by atoms with E-state index in [1.165, 1.54) is 0 Å². The summed E-state index contributed by atoms with van der Waals surface area (Å²) in [6.07, 6.45) is 11.0. The van der Waals surface area contributed by atoms with Gasteiger partial charge >= 0.3 is 0 Å². The van der Waals surface area contributed by atoms with Crippen molar-refractivity contribution in [1.29, 1.82) is 0 Å². The Bertz CT molecular complexity index is 1270. The molecule has 158 valence electrons. The summed E-state index contributed by atoms with van der Waals surface area (Å²) < 4.78 is 7.04. The molecule has 1 unspecified atom stereocenters. The predicted molar refractivity (Wildman–Crippen MR) is 125 cm³/mol. The van der Waals surface area contributed by atoms with E-state index in [-0.39, 0.29) is 16.9 Å². The molecule has 0 fully saturated rings. The van der Waals surface area contributed by atoms with Gasteiger partial charge in [0.1, 0.15) is 5.75 Å². The van der Waals surface area contributed by atoms with Crippen LogP contribution in [0.5, 0.6) is 5.75 Å². The van der Waals surface area contributed by atoms with E-state index in [2.05, 4.69) is 24.4 Å². The van der Waals surface area contributed by atoms with Gasteiger partial charge < -0.3 is 14.6 Å². The minimum Gasteiger partial charge on any atom is -0.496 e. The van der Waals surface area contributed by atoms with Gasteiger partial charge in [0.15, 0.2) is 0 Å². The van der Waals surface area contributed by atoms with E-state index in [0.29, 0.717) is 23.2 Å². The highest BCUT2D eigenvalue weighted by Gasteiger charge is 2.23. The van der Waals surface area contributed by atoms with E-state index in [0.717, 1.165) is 22.9 Å². The van der Waals surface area contributed by atoms with Gasteiger partial charge in [-0.3, -0.25) is 9.59 Å². The number of amides is 1. The Balaban J connectivity index is 1.72. The Morgan fingerprint density at radius 1 is 1.16 bits per heavy atom. The number of aromatic nitrogens is 1. The molecule has 1 aliphatic rings. The second-order valence-electron chi connectivity index (χ2n) is 8.25. The van der Waals surface area contributed by atoms with Crippen LogP contribution in [0.1, 0.15) is 23.7 Å². The number of methoxy groups -OCH3 is 1. The average Bonchev–Trinajstić information content (AvgIpc) is 2.80. The lowest BCUT2D eigenvalue weighted by atomic mass is 9.83. The second-order valence-corrected chi connectivity index (χ2v) is 8.25. The number of hydrogen-bond acceptors (Lipinski definition) is 3. The van der Waals surface area contributed by atoms with Crippen LogP contribution in [-0.2, 0) is 7.05 Å². The van der Waals surface area contributed by atoms with Crippen LogP contribution >= 0.6 is 0 Å². The number of rotatable bonds is 5. The molecule has 0 aliphatic heterocycles. The molecule has 1 atom stereocenters. The molecule has 1 N–H and O–H groups in total. The third kappa shape index (κ3) is 4.04. The molecule has 4 rings (SSSR count). The smallest absolute Gasteiger partial charge is 0.258 e. The molecule has 0 bridgehead atoms. The van der Waals surface area contributed by atoms with Gasteiger partial charge in [0.05, 0.1) is 12.7 Å². The summed E-state index contributed by atoms with van der Waals surface area (Å²) in [6.45, 7) is 2.65. The molecule has 1 aromatic heterocycles. The minimum atomic E-state index is -0.183. The normalized spacial score (nSPS) is 17.6. The Morgan fingerprint density at radius 2 is 1.94 bits per heavy atom. The summed E-state index contributed by atoms with van der Waals surface area (Å²) in [5.41, 5.74) is 2.06. The maximum absolute atomic E-state index is 13.1. The zero-order valence-electron chi connectivity index (χ0n) is 18.0. The number of carbonyl (C=O) groups is 1. The summed E-state index contributed by atoms with van der Waals surface area (Å²) >= 11 is 0. The number of pyridine rings is 1. The van der Waals surface area contributed by atoms with Crippen LogP contribution in [0.3, 0.4) is 0 Å². The van der Waals surface area contributed by atoms with Crippen molar-refractivity contribution < 1.29 is 9.53 Å². The molecule has 5 heteroatoms. The zero-order valence-corrected chi connectivity index (χ0v) is 18.0. The first-order valence-electron chi connectivity index (χ1n) is 10.3. The fourth-order valence-corrected chi connectivity index (χ4v) is 3.98. The van der Waals surface area contributed by atoms with Crippen LogP contribution < -0.4 is 15.6 Å². The third-order valence-corrected chi connectivity index (χ3v) is 5.83. The Hall–Kier alpha value is -3.60. The molecular formula is C26H26N2O3. The highest BCUT2D eigenvalue weighted by molar-refractivity contribution is 6.01. The molecule has 0 saturated heterocycles. The lowest BCUT2D eigenvalue weighted by Gasteiger charge is -2.26. The Morgan fingerprint density at radius 3 is 2.65 bits per heavy atom. The molecule has 1 heterocycles. The molecule has 1 aliphatic carbocycles. The topological polar surface area (TPSA) is 60.3 Å². The van der Waals surface area contributed by atoms with Crippen LogP contribution in [-0.4, -0.2) is 24.1 Å². The van der Waals surface area contributed by atoms with E-state index in [9.17, 15) is 9.59 Å². The quantitative estimate of drug-likeness (QED) is 0.670. The summed E-state index contributed by atoms with van der Waals surface area (Å²) in [5, 5.41) is 4.56. The highest BCUT2D eigenvalue weighted by atomic mass is 16.5. The zero-order chi connectivity index (χ0) is 22.0. The first kappa shape index (κ1) is 20.7. The fraction of sp³-hybridized carbons (Fsp3) is 0.231. The largest absolute Gasteiger partial charge is 0.496 e. The van der Waals surface area contributed by atoms with Crippen molar-refractivity contribution in [2.24, 2.45) is 12.5 Å². The van der Waals surface area contributed by atoms with Crippen LogP contribution in [0.2, 0.25) is 0 Å². The van der Waals surface area contributed by atoms with Gasteiger partial charge in [0.2, 0.25) is 0 Å². The first-order valence-corrected chi connectivity index (χ1v) is 10.3. The van der Waals surface area contributed by atoms with Crippen molar-refractivity contribution in [2.75, 3.05) is 13.7 Å². The van der Waals surface area contributed by atoms with Crippen molar-refractivity contribution in [3.63, 3.8) is 0 Å². The predicted octanol–water partition coefficient (Wildman–Crippen LogP) is 4.47. The molecule has 0 saturated carbocycles. The Labute approximate surface area is 181 Å². The standard InChI is InChI=1S/C26H26N2O3/c1-26(13-7-4-8-14-26)17-27-24(29)21-15-18(11-12-23(21)31-3)22-16-28(2)25(30)20-10-6-5-9-19(20)22/h4-13,15-16H,14,17H2,1-3H3,(H,27,29). The van der Waals surface area contributed by atoms with Gasteiger partial charge in [-0.1, -0.05) is 55.5 Å². The minimum absolute atomic E-state index is 0.0475. The van der Waals surface area contributed by atoms with Gasteiger partial charge in [-0.25, -0.2) is 0 Å². The number of fused-ring (bicyclic) bond motifs is 1. The third-order valence-electron chi connectivity index (χ3n) is 5.83. The van der Waals surface area contributed by atoms with E-state index in [4.69, 9.17) is 4.74 Å². The molecule has 0 radical (unpaired) electrons. The van der Waals surface area contributed by atoms with E-state index in [1.807, 2.05) is 54.7 Å². The molecule has 5 nitrogen and oxygen atoms in total. The van der Waals surface area contributed by atoms with Gasteiger partial charge in [-0.05, 0) is 35.6 Å². The molecule has 31 heavy (non-hydrogen) atoms. The SMILES string of the molecule is COc1ccc(-c2cn(C)c(=O)c3ccccc23)cc1C(=O)NCC1(C)C=CC=CC1. The number of allylic oxidation sites excluding steroid dienone is 3. The van der Waals surface area contributed by atoms with Gasteiger partial charge in [0.25, 0.3) is 11.5 Å². The van der Waals surface area contributed by atoms with E-state index in [1.54, 1.807) is 24.8 Å². The molecule has 2 aromatic carbocycles. The number of nitrogens with one attached hydrogen (secondary N) is 1. The molecule has 3 aromatic rings. The fourth-order valence-electron chi connectivity index (χ4n) is 3.98. The highest BCUT2D eigenvalue weighted by Crippen LogP contribution is 2.31. The summed E-state index contributed by atoms with van der Waals surface area (Å²) in [4.78, 5) is 25.6. The molecular weight excluding hydrogens is 388 g/mol. The van der Waals surface area contributed by atoms with Crippen molar-refractivity contribution >= 4 is 16.7 Å². The second kappa shape index (κ2) is 8.26. The van der Waals surface area contributed by atoms with Gasteiger partial charge in [-0.2, -0.15) is 0 Å². The maximum Gasteiger partial charge on any atom is 0.258 e. The number of ether oxygens (including phenoxy) is 1. The number of aryl methyl sites for hydroxylation is 1. The van der Waals surface area contributed by atoms with Crippen molar-refractivity contribution in [3.05, 3.63) is 88.9 Å². The van der Waals surface area contributed by atoms with E-state index < -0.39 is 0 Å². The summed E-state index contributed by atoms with van der Waals surface area (Å²) in [7, 11) is 3.30. The lowest BCUT2D eigenvalue weighted by Crippen LogP contribution is -2.35. The van der Waals surface area contributed by atoms with Gasteiger partial charge in [-0.15, -0.1) is 0 Å². The monoisotopic (exact) mass is 414 g/mol. The number of carbonyl (C=O) groups excluding carboxylic acids is 1. The van der Waals surface area contributed by atoms with Crippen LogP contribution in [0, 0.1) is 5.41 Å². The van der Waals surface area contributed by atoms with Crippen molar-refractivity contribution in [2.45, 2.75) is 13.3 Å². The molecule has 1 amide bonds. The van der Waals surface area contributed by atoms with Crippen molar-refractivity contribution in [3.8, 4) is 16.9 Å². The van der Waals surface area contributed by atoms with Crippen LogP contribution in [0.15, 0.2) is 77.8 Å². The number of benzene rings is 2. The van der Waals surface area contributed by atoms with E-state index >= 15 is 0 Å². The average molecular weight is 415 g/mol. The maximum atomic E-state index is 13.1.